The number of amides is 1. The molecule has 0 heterocycles. The molecule has 0 aromatic rings. The molecule has 382 valence electrons. The van der Waals surface area contributed by atoms with Gasteiger partial charge in [-0.3, -0.25) is 9.59 Å². The van der Waals surface area contributed by atoms with Gasteiger partial charge in [0.2, 0.25) is 5.91 Å². The highest BCUT2D eigenvalue weighted by molar-refractivity contribution is 5.77. The van der Waals surface area contributed by atoms with Gasteiger partial charge in [0.1, 0.15) is 6.10 Å². The summed E-state index contributed by atoms with van der Waals surface area (Å²) in [6.07, 6.45) is 68.1. The van der Waals surface area contributed by atoms with Gasteiger partial charge >= 0.3 is 5.97 Å². The van der Waals surface area contributed by atoms with Gasteiger partial charge in [-0.05, 0) is 77.0 Å². The van der Waals surface area contributed by atoms with Gasteiger partial charge in [0, 0.05) is 6.42 Å². The summed E-state index contributed by atoms with van der Waals surface area (Å²) in [6.45, 7) is 6.45. The molecule has 3 atom stereocenters. The molecule has 0 aliphatic rings. The summed E-state index contributed by atoms with van der Waals surface area (Å²) in [5.74, 6) is -0.528. The third-order valence-corrected chi connectivity index (χ3v) is 12.6. The number of hydrogen-bond acceptors (Lipinski definition) is 5. The van der Waals surface area contributed by atoms with Gasteiger partial charge in [-0.15, -0.1) is 0 Å². The molecule has 0 aromatic heterocycles. The van der Waals surface area contributed by atoms with Crippen LogP contribution in [0.25, 0.3) is 0 Å². The molecule has 0 spiro atoms. The second kappa shape index (κ2) is 53.3. The van der Waals surface area contributed by atoms with E-state index < -0.39 is 18.2 Å². The smallest absolute Gasteiger partial charge is 0.306 e. The molecule has 1 amide bonds. The Labute approximate surface area is 409 Å². The van der Waals surface area contributed by atoms with Crippen molar-refractivity contribution in [2.45, 2.75) is 289 Å². The lowest BCUT2D eigenvalue weighted by Gasteiger charge is -2.24. The lowest BCUT2D eigenvalue weighted by Crippen LogP contribution is -2.46. The van der Waals surface area contributed by atoms with Crippen molar-refractivity contribution >= 4 is 11.9 Å². The van der Waals surface area contributed by atoms with Crippen LogP contribution in [0.4, 0.5) is 0 Å². The van der Waals surface area contributed by atoms with Crippen LogP contribution >= 0.6 is 0 Å². The highest BCUT2D eigenvalue weighted by atomic mass is 16.5. The van der Waals surface area contributed by atoms with Crippen molar-refractivity contribution < 1.29 is 24.5 Å². The highest BCUT2D eigenvalue weighted by Gasteiger charge is 2.24. The Kier molecular flexibility index (Phi) is 51.1. The molecule has 0 aliphatic heterocycles. The fraction of sp³-hybridized carbons (Fsp3) is 0.767. The topological polar surface area (TPSA) is 95.9 Å². The van der Waals surface area contributed by atoms with Crippen LogP contribution in [0.15, 0.2) is 72.9 Å². The lowest BCUT2D eigenvalue weighted by atomic mass is 10.0. The lowest BCUT2D eigenvalue weighted by molar-refractivity contribution is -0.151. The number of aliphatic hydroxyl groups excluding tert-OH is 2. The van der Waals surface area contributed by atoms with E-state index in [1.165, 1.54) is 135 Å². The Morgan fingerprint density at radius 3 is 1.17 bits per heavy atom. The third kappa shape index (κ3) is 47.8. The van der Waals surface area contributed by atoms with Crippen molar-refractivity contribution in [3.63, 3.8) is 0 Å². The van der Waals surface area contributed by atoms with Gasteiger partial charge in [-0.1, -0.05) is 254 Å². The van der Waals surface area contributed by atoms with Crippen LogP contribution < -0.4 is 5.32 Å². The number of allylic oxidation sites excluding steroid dienone is 12. The minimum atomic E-state index is -0.804. The third-order valence-electron chi connectivity index (χ3n) is 12.6. The van der Waals surface area contributed by atoms with E-state index in [4.69, 9.17) is 4.74 Å². The highest BCUT2D eigenvalue weighted by Crippen LogP contribution is 2.17. The van der Waals surface area contributed by atoms with Gasteiger partial charge in [0.15, 0.2) is 0 Å². The van der Waals surface area contributed by atoms with E-state index in [2.05, 4.69) is 99.0 Å². The molecule has 0 saturated carbocycles. The molecule has 0 fully saturated rings. The van der Waals surface area contributed by atoms with Crippen molar-refractivity contribution in [1.82, 2.24) is 5.32 Å². The molecule has 0 saturated heterocycles. The predicted octanol–water partition coefficient (Wildman–Crippen LogP) is 17.3. The molecule has 0 radical (unpaired) electrons. The van der Waals surface area contributed by atoms with Gasteiger partial charge in [-0.2, -0.15) is 0 Å². The number of rotatable bonds is 50. The largest absolute Gasteiger partial charge is 0.462 e. The molecule has 6 heteroatoms. The Hall–Kier alpha value is -2.70. The standard InChI is InChI=1S/C60H107NO5/c1-4-7-10-13-16-19-22-25-27-29-30-32-35-38-41-44-47-50-53-60(65)66-56(51-48-45-42-39-36-34-31-28-26-23-20-17-14-11-8-5-2)54-59(64)61-57(55-62)58(63)52-49-46-43-40-37-33-24-21-18-15-12-9-6-3/h22-23,25-32,34,36,56-58,62-63H,4-21,24,33,35,37-55H2,1-3H3,(H,61,64)/b25-22+,26-23+,29-27+,31-28+,32-30+,36-34+. The Morgan fingerprint density at radius 2 is 0.773 bits per heavy atom. The maximum absolute atomic E-state index is 13.2. The summed E-state index contributed by atoms with van der Waals surface area (Å²) >= 11 is 0. The zero-order chi connectivity index (χ0) is 48.1. The zero-order valence-electron chi connectivity index (χ0n) is 43.6. The maximum atomic E-state index is 13.2. The monoisotopic (exact) mass is 922 g/mol. The second-order valence-corrected chi connectivity index (χ2v) is 19.1. The number of nitrogens with one attached hydrogen (secondary N) is 1. The normalized spacial score (nSPS) is 13.7. The molecule has 3 N–H and O–H groups in total. The molecule has 66 heavy (non-hydrogen) atoms. The number of unbranched alkanes of at least 4 members (excludes halogenated alkanes) is 30. The minimum absolute atomic E-state index is 0.0444. The summed E-state index contributed by atoms with van der Waals surface area (Å²) < 4.78 is 5.93. The van der Waals surface area contributed by atoms with E-state index in [0.29, 0.717) is 19.3 Å². The summed E-state index contributed by atoms with van der Waals surface area (Å²) in [7, 11) is 0. The fourth-order valence-corrected chi connectivity index (χ4v) is 8.32. The van der Waals surface area contributed by atoms with Gasteiger partial charge in [0.25, 0.3) is 0 Å². The predicted molar refractivity (Wildman–Crippen MR) is 287 cm³/mol. The van der Waals surface area contributed by atoms with Crippen molar-refractivity contribution in [2.75, 3.05) is 6.61 Å². The van der Waals surface area contributed by atoms with Crippen LogP contribution in [0, 0.1) is 0 Å². The van der Waals surface area contributed by atoms with Crippen LogP contribution in [-0.2, 0) is 14.3 Å². The molecular formula is C60H107NO5. The molecule has 3 unspecified atom stereocenters. The van der Waals surface area contributed by atoms with Crippen LogP contribution in [0.1, 0.15) is 271 Å². The number of carbonyl (C=O) groups excluding carboxylic acids is 2. The average molecular weight is 923 g/mol. The van der Waals surface area contributed by atoms with Gasteiger partial charge in [-0.25, -0.2) is 0 Å². The van der Waals surface area contributed by atoms with Crippen molar-refractivity contribution in [1.29, 1.82) is 0 Å². The van der Waals surface area contributed by atoms with Crippen LogP contribution in [0.2, 0.25) is 0 Å². The molecule has 0 aromatic carbocycles. The fourth-order valence-electron chi connectivity index (χ4n) is 8.32. The van der Waals surface area contributed by atoms with Crippen LogP contribution in [-0.4, -0.2) is 46.9 Å². The molecular weight excluding hydrogens is 815 g/mol. The van der Waals surface area contributed by atoms with E-state index >= 15 is 0 Å². The Bertz CT molecular complexity index is 1220. The van der Waals surface area contributed by atoms with Crippen molar-refractivity contribution in [3.8, 4) is 0 Å². The van der Waals surface area contributed by atoms with Crippen LogP contribution in [0.3, 0.4) is 0 Å². The SMILES string of the molecule is CCCCCCC/C=C/C=C/C=C/CCCCCCCC(=O)OC(CCCCC/C=C/C=C/C=C/CCCCCCC)CC(=O)NC(CO)C(O)CCCCCCCCCCCCCCC. The van der Waals surface area contributed by atoms with E-state index in [-0.39, 0.29) is 24.9 Å². The molecule has 0 aliphatic carbocycles. The van der Waals surface area contributed by atoms with E-state index in [0.717, 1.165) is 89.9 Å². The number of hydrogen-bond donors (Lipinski definition) is 3. The molecule has 0 rings (SSSR count). The molecule has 0 bridgehead atoms. The number of aliphatic hydroxyl groups is 2. The Balaban J connectivity index is 4.69. The average Bonchev–Trinajstić information content (AvgIpc) is 3.31. The van der Waals surface area contributed by atoms with Crippen molar-refractivity contribution in [2.24, 2.45) is 0 Å². The minimum Gasteiger partial charge on any atom is -0.462 e. The summed E-state index contributed by atoms with van der Waals surface area (Å²) in [4.78, 5) is 26.2. The summed E-state index contributed by atoms with van der Waals surface area (Å²) in [5, 5.41) is 23.8. The van der Waals surface area contributed by atoms with E-state index in [1.807, 2.05) is 0 Å². The quantitative estimate of drug-likeness (QED) is 0.0321. The summed E-state index contributed by atoms with van der Waals surface area (Å²) in [5.41, 5.74) is 0. The first-order valence-corrected chi connectivity index (χ1v) is 28.2. The maximum Gasteiger partial charge on any atom is 0.306 e. The zero-order valence-corrected chi connectivity index (χ0v) is 43.6. The van der Waals surface area contributed by atoms with Crippen LogP contribution in [0.5, 0.6) is 0 Å². The van der Waals surface area contributed by atoms with E-state index in [1.54, 1.807) is 0 Å². The number of esters is 1. The summed E-state index contributed by atoms with van der Waals surface area (Å²) in [6, 6.07) is -0.720. The van der Waals surface area contributed by atoms with E-state index in [9.17, 15) is 19.8 Å². The first kappa shape index (κ1) is 63.3. The first-order valence-electron chi connectivity index (χ1n) is 28.2. The molecule has 6 nitrogen and oxygen atoms in total. The van der Waals surface area contributed by atoms with Gasteiger partial charge < -0.3 is 20.3 Å². The number of carbonyl (C=O) groups is 2. The first-order chi connectivity index (χ1) is 32.5. The Morgan fingerprint density at radius 1 is 0.439 bits per heavy atom. The number of ether oxygens (including phenoxy) is 1. The van der Waals surface area contributed by atoms with Gasteiger partial charge in [0.05, 0.1) is 25.2 Å². The van der Waals surface area contributed by atoms with Crippen molar-refractivity contribution in [3.05, 3.63) is 72.9 Å². The second-order valence-electron chi connectivity index (χ2n) is 19.1.